The molecule has 1 saturated heterocycles. The van der Waals surface area contributed by atoms with Crippen LogP contribution in [0.1, 0.15) is 35.2 Å². The highest BCUT2D eigenvalue weighted by Crippen LogP contribution is 2.26. The molecule has 1 fully saturated rings. The fraction of sp³-hybridized carbons (Fsp3) is 0.562. The van der Waals surface area contributed by atoms with Crippen molar-refractivity contribution in [2.24, 2.45) is 11.7 Å². The number of nitrogens with two attached hydrogens (primary N) is 1. The molecule has 1 aromatic rings. The fourth-order valence-corrected chi connectivity index (χ4v) is 2.95. The SMILES string of the molecule is CNCCC1CCN(c2ccc(C(N)=O)c(C)c2)CC1. The topological polar surface area (TPSA) is 58.4 Å². The van der Waals surface area contributed by atoms with Gasteiger partial charge < -0.3 is 16.0 Å². The molecule has 2 rings (SSSR count). The van der Waals surface area contributed by atoms with Gasteiger partial charge in [0.2, 0.25) is 5.91 Å². The third-order valence-corrected chi connectivity index (χ3v) is 4.26. The first-order chi connectivity index (χ1) is 9.61. The van der Waals surface area contributed by atoms with Gasteiger partial charge in [0.1, 0.15) is 0 Å². The van der Waals surface area contributed by atoms with E-state index in [0.29, 0.717) is 5.56 Å². The van der Waals surface area contributed by atoms with Gasteiger partial charge in [0, 0.05) is 24.3 Å². The van der Waals surface area contributed by atoms with Gasteiger partial charge in [-0.15, -0.1) is 0 Å². The zero-order chi connectivity index (χ0) is 14.5. The number of primary amides is 1. The van der Waals surface area contributed by atoms with Crippen LogP contribution in [0.25, 0.3) is 0 Å². The molecule has 0 spiro atoms. The minimum atomic E-state index is -0.347. The average molecular weight is 275 g/mol. The molecule has 1 amide bonds. The fourth-order valence-electron chi connectivity index (χ4n) is 2.95. The predicted molar refractivity (Wildman–Crippen MR) is 83.2 cm³/mol. The van der Waals surface area contributed by atoms with E-state index in [1.807, 2.05) is 26.1 Å². The van der Waals surface area contributed by atoms with Crippen LogP contribution < -0.4 is 16.0 Å². The molecule has 0 radical (unpaired) electrons. The van der Waals surface area contributed by atoms with Crippen LogP contribution in [0.4, 0.5) is 5.69 Å². The first kappa shape index (κ1) is 14.9. The minimum absolute atomic E-state index is 0.347. The number of anilines is 1. The second-order valence-electron chi connectivity index (χ2n) is 5.69. The van der Waals surface area contributed by atoms with Crippen LogP contribution >= 0.6 is 0 Å². The first-order valence-electron chi connectivity index (χ1n) is 7.42. The Morgan fingerprint density at radius 1 is 1.40 bits per heavy atom. The van der Waals surface area contributed by atoms with Crippen molar-refractivity contribution in [2.75, 3.05) is 31.6 Å². The van der Waals surface area contributed by atoms with Gasteiger partial charge in [-0.1, -0.05) is 0 Å². The van der Waals surface area contributed by atoms with Crippen molar-refractivity contribution in [3.8, 4) is 0 Å². The van der Waals surface area contributed by atoms with Gasteiger partial charge >= 0.3 is 0 Å². The monoisotopic (exact) mass is 275 g/mol. The Morgan fingerprint density at radius 2 is 2.10 bits per heavy atom. The molecule has 0 unspecified atom stereocenters. The van der Waals surface area contributed by atoms with Gasteiger partial charge in [-0.2, -0.15) is 0 Å². The maximum absolute atomic E-state index is 11.3. The number of hydrogen-bond donors (Lipinski definition) is 2. The normalized spacial score (nSPS) is 16.4. The lowest BCUT2D eigenvalue weighted by Gasteiger charge is -2.34. The highest BCUT2D eigenvalue weighted by molar-refractivity contribution is 5.94. The van der Waals surface area contributed by atoms with E-state index in [4.69, 9.17) is 5.73 Å². The Morgan fingerprint density at radius 3 is 2.65 bits per heavy atom. The predicted octanol–water partition coefficient (Wildman–Crippen LogP) is 1.92. The standard InChI is InChI=1S/C16H25N3O/c1-12-11-14(3-4-15(12)16(17)20)19-9-6-13(7-10-19)5-8-18-2/h3-4,11,13,18H,5-10H2,1-2H3,(H2,17,20). The van der Waals surface area contributed by atoms with Crippen LogP contribution in [-0.2, 0) is 0 Å². The Labute approximate surface area is 121 Å². The van der Waals surface area contributed by atoms with E-state index in [1.54, 1.807) is 0 Å². The third-order valence-electron chi connectivity index (χ3n) is 4.26. The van der Waals surface area contributed by atoms with Crippen LogP contribution in [0, 0.1) is 12.8 Å². The van der Waals surface area contributed by atoms with E-state index in [2.05, 4.69) is 16.3 Å². The summed E-state index contributed by atoms with van der Waals surface area (Å²) in [5.74, 6) is 0.490. The zero-order valence-corrected chi connectivity index (χ0v) is 12.5. The molecule has 3 N–H and O–H groups in total. The number of carbonyl (C=O) groups excluding carboxylic acids is 1. The van der Waals surface area contributed by atoms with Crippen molar-refractivity contribution in [1.82, 2.24) is 5.32 Å². The van der Waals surface area contributed by atoms with Crippen molar-refractivity contribution in [1.29, 1.82) is 0 Å². The van der Waals surface area contributed by atoms with Gasteiger partial charge in [-0.25, -0.2) is 0 Å². The lowest BCUT2D eigenvalue weighted by molar-refractivity contribution is 0.1000. The van der Waals surface area contributed by atoms with E-state index in [-0.39, 0.29) is 5.91 Å². The number of amides is 1. The molecule has 0 bridgehead atoms. The Bertz CT molecular complexity index is 465. The number of rotatable bonds is 5. The largest absolute Gasteiger partial charge is 0.372 e. The van der Waals surface area contributed by atoms with Gasteiger partial charge in [0.05, 0.1) is 0 Å². The van der Waals surface area contributed by atoms with Gasteiger partial charge in [0.15, 0.2) is 0 Å². The molecule has 1 aliphatic rings. The van der Waals surface area contributed by atoms with E-state index >= 15 is 0 Å². The first-order valence-corrected chi connectivity index (χ1v) is 7.42. The van der Waals surface area contributed by atoms with E-state index in [9.17, 15) is 4.79 Å². The molecule has 110 valence electrons. The molecule has 20 heavy (non-hydrogen) atoms. The minimum Gasteiger partial charge on any atom is -0.372 e. The quantitative estimate of drug-likeness (QED) is 0.863. The molecule has 0 aromatic heterocycles. The van der Waals surface area contributed by atoms with Crippen molar-refractivity contribution >= 4 is 11.6 Å². The molecule has 0 saturated carbocycles. The summed E-state index contributed by atoms with van der Waals surface area (Å²) in [6, 6.07) is 5.94. The van der Waals surface area contributed by atoms with Crippen molar-refractivity contribution in [3.05, 3.63) is 29.3 Å². The maximum Gasteiger partial charge on any atom is 0.248 e. The van der Waals surface area contributed by atoms with E-state index in [1.165, 1.54) is 24.9 Å². The number of piperidine rings is 1. The summed E-state index contributed by atoms with van der Waals surface area (Å²) in [4.78, 5) is 13.7. The molecule has 0 aliphatic carbocycles. The summed E-state index contributed by atoms with van der Waals surface area (Å²) in [5.41, 5.74) is 8.15. The van der Waals surface area contributed by atoms with Crippen molar-refractivity contribution in [2.45, 2.75) is 26.2 Å². The number of carbonyl (C=O) groups is 1. The lowest BCUT2D eigenvalue weighted by atomic mass is 9.93. The third kappa shape index (κ3) is 3.51. The number of aryl methyl sites for hydroxylation is 1. The highest BCUT2D eigenvalue weighted by atomic mass is 16.1. The molecule has 0 atom stereocenters. The van der Waals surface area contributed by atoms with Crippen LogP contribution in [0.2, 0.25) is 0 Å². The Hall–Kier alpha value is -1.55. The van der Waals surface area contributed by atoms with Crippen molar-refractivity contribution < 1.29 is 4.79 Å². The number of nitrogens with zero attached hydrogens (tertiary/aromatic N) is 1. The number of benzene rings is 1. The van der Waals surface area contributed by atoms with Crippen LogP contribution in [0.15, 0.2) is 18.2 Å². The molecule has 4 nitrogen and oxygen atoms in total. The summed E-state index contributed by atoms with van der Waals surface area (Å²) in [5, 5.41) is 3.22. The van der Waals surface area contributed by atoms with Gasteiger partial charge in [-0.05, 0) is 69.5 Å². The molecule has 1 heterocycles. The number of hydrogen-bond acceptors (Lipinski definition) is 3. The van der Waals surface area contributed by atoms with E-state index < -0.39 is 0 Å². The summed E-state index contributed by atoms with van der Waals surface area (Å²) in [7, 11) is 2.01. The smallest absolute Gasteiger partial charge is 0.248 e. The van der Waals surface area contributed by atoms with Crippen LogP contribution in [-0.4, -0.2) is 32.6 Å². The molecular weight excluding hydrogens is 250 g/mol. The highest BCUT2D eigenvalue weighted by Gasteiger charge is 2.19. The summed E-state index contributed by atoms with van der Waals surface area (Å²) in [6.45, 7) is 5.26. The van der Waals surface area contributed by atoms with Gasteiger partial charge in [-0.3, -0.25) is 4.79 Å². The van der Waals surface area contributed by atoms with Gasteiger partial charge in [0.25, 0.3) is 0 Å². The van der Waals surface area contributed by atoms with Crippen molar-refractivity contribution in [3.63, 3.8) is 0 Å². The lowest BCUT2D eigenvalue weighted by Crippen LogP contribution is -2.34. The zero-order valence-electron chi connectivity index (χ0n) is 12.5. The van der Waals surface area contributed by atoms with Crippen LogP contribution in [0.3, 0.4) is 0 Å². The summed E-state index contributed by atoms with van der Waals surface area (Å²) in [6.07, 6.45) is 3.76. The Balaban J connectivity index is 1.97. The van der Waals surface area contributed by atoms with E-state index in [0.717, 1.165) is 31.1 Å². The average Bonchev–Trinajstić information content (AvgIpc) is 2.45. The Kier molecular flexibility index (Phi) is 5.01. The molecule has 1 aliphatic heterocycles. The second-order valence-corrected chi connectivity index (χ2v) is 5.69. The number of nitrogens with one attached hydrogen (secondary N) is 1. The molecule has 4 heteroatoms. The molecular formula is C16H25N3O. The summed E-state index contributed by atoms with van der Waals surface area (Å²) < 4.78 is 0. The second kappa shape index (κ2) is 6.75. The maximum atomic E-state index is 11.3. The molecule has 1 aromatic carbocycles. The van der Waals surface area contributed by atoms with Crippen LogP contribution in [0.5, 0.6) is 0 Å². The summed E-state index contributed by atoms with van der Waals surface area (Å²) >= 11 is 0.